The number of carboxylic acids is 1. The third-order valence-electron chi connectivity index (χ3n) is 13.3. The molecule has 1 N–H and O–H groups in total. The molecule has 2 atom stereocenters. The maximum atomic E-state index is 12.9. The summed E-state index contributed by atoms with van der Waals surface area (Å²) in [6, 6.07) is 0. The van der Waals surface area contributed by atoms with Gasteiger partial charge in [0.2, 0.25) is 0 Å². The SMILES string of the molecule is CC/C=C\C/C=C\C/C=C\C/C=C\C/C=C\C/C=C\C/C=C\C/C=C\C/C=C\C/C=C\C/C=C\CCCCCCCCCC(=O)OC(COC(=O)CCCCCCC/C=C\CCCCCCCCC)COC(OCC[N+](C)(C)C)C(=O)O. The molecule has 0 fully saturated rings. The monoisotopic (exact) mass is 1140 g/mol. The number of quaternary nitrogens is 1. The van der Waals surface area contributed by atoms with Crippen molar-refractivity contribution in [3.8, 4) is 0 Å². The molecule has 0 bridgehead atoms. The molecular formula is C73H120NO8+. The number of unbranched alkanes of at least 4 members (excludes halogenated alkanes) is 19. The zero-order valence-electron chi connectivity index (χ0n) is 52.8. The van der Waals surface area contributed by atoms with E-state index in [1.54, 1.807) is 0 Å². The van der Waals surface area contributed by atoms with Crippen molar-refractivity contribution in [3.05, 3.63) is 146 Å². The Morgan fingerprint density at radius 1 is 0.378 bits per heavy atom. The summed E-state index contributed by atoms with van der Waals surface area (Å²) < 4.78 is 22.9. The number of carboxylic acid groups (broad SMARTS) is 1. The highest BCUT2D eigenvalue weighted by molar-refractivity contribution is 5.71. The molecule has 0 aromatic heterocycles. The third kappa shape index (κ3) is 62.8. The number of carbonyl (C=O) groups is 3. The van der Waals surface area contributed by atoms with Gasteiger partial charge in [-0.25, -0.2) is 4.79 Å². The lowest BCUT2D eigenvalue weighted by molar-refractivity contribution is -0.870. The van der Waals surface area contributed by atoms with Crippen molar-refractivity contribution in [2.45, 2.75) is 251 Å². The number of ether oxygens (including phenoxy) is 4. The van der Waals surface area contributed by atoms with Gasteiger partial charge in [-0.15, -0.1) is 0 Å². The van der Waals surface area contributed by atoms with E-state index in [1.807, 2.05) is 21.1 Å². The van der Waals surface area contributed by atoms with Gasteiger partial charge in [-0.05, 0) is 122 Å². The largest absolute Gasteiger partial charge is 0.477 e. The van der Waals surface area contributed by atoms with Crippen LogP contribution < -0.4 is 0 Å². The van der Waals surface area contributed by atoms with E-state index in [2.05, 4.69) is 160 Å². The fourth-order valence-corrected chi connectivity index (χ4v) is 8.37. The number of hydrogen-bond acceptors (Lipinski definition) is 7. The minimum absolute atomic E-state index is 0.177. The summed E-state index contributed by atoms with van der Waals surface area (Å²) in [6.07, 6.45) is 88.0. The Morgan fingerprint density at radius 3 is 1.05 bits per heavy atom. The highest BCUT2D eigenvalue weighted by atomic mass is 16.7. The first-order valence-corrected chi connectivity index (χ1v) is 32.5. The van der Waals surface area contributed by atoms with E-state index in [0.29, 0.717) is 17.4 Å². The lowest BCUT2D eigenvalue weighted by atomic mass is 10.1. The van der Waals surface area contributed by atoms with Gasteiger partial charge in [-0.2, -0.15) is 0 Å². The van der Waals surface area contributed by atoms with Crippen LogP contribution in [0.4, 0.5) is 0 Å². The summed E-state index contributed by atoms with van der Waals surface area (Å²) in [4.78, 5) is 37.5. The molecule has 0 saturated carbocycles. The average molecular weight is 1140 g/mol. The van der Waals surface area contributed by atoms with Gasteiger partial charge in [-0.1, -0.05) is 250 Å². The predicted molar refractivity (Wildman–Crippen MR) is 350 cm³/mol. The van der Waals surface area contributed by atoms with Crippen LogP contribution in [0.15, 0.2) is 146 Å². The number of likely N-dealkylation sites (N-methyl/N-ethyl adjacent to an activating group) is 1. The van der Waals surface area contributed by atoms with Crippen LogP contribution in [0.1, 0.15) is 239 Å². The van der Waals surface area contributed by atoms with Crippen LogP contribution in [0.3, 0.4) is 0 Å². The number of nitrogens with zero attached hydrogens (tertiary/aromatic N) is 1. The molecule has 0 heterocycles. The second kappa shape index (κ2) is 62.2. The Morgan fingerprint density at radius 2 is 0.695 bits per heavy atom. The fourth-order valence-electron chi connectivity index (χ4n) is 8.37. The van der Waals surface area contributed by atoms with Crippen LogP contribution in [0.5, 0.6) is 0 Å². The maximum absolute atomic E-state index is 12.9. The summed E-state index contributed by atoms with van der Waals surface area (Å²) in [5.41, 5.74) is 0. The molecule has 0 aliphatic rings. The number of carbonyl (C=O) groups excluding carboxylic acids is 2. The molecule has 9 nitrogen and oxygen atoms in total. The lowest BCUT2D eigenvalue weighted by Crippen LogP contribution is -2.40. The van der Waals surface area contributed by atoms with Gasteiger partial charge in [0.15, 0.2) is 6.10 Å². The molecule has 0 aliphatic heterocycles. The molecule has 0 aliphatic carbocycles. The van der Waals surface area contributed by atoms with Gasteiger partial charge in [-0.3, -0.25) is 9.59 Å². The topological polar surface area (TPSA) is 108 Å². The van der Waals surface area contributed by atoms with Crippen molar-refractivity contribution >= 4 is 17.9 Å². The minimum atomic E-state index is -1.52. The Balaban J connectivity index is 4.20. The number of rotatable bonds is 58. The Kier molecular flexibility index (Phi) is 58.6. The van der Waals surface area contributed by atoms with Crippen LogP contribution in [-0.4, -0.2) is 87.4 Å². The van der Waals surface area contributed by atoms with Crippen LogP contribution in [-0.2, 0) is 33.3 Å². The van der Waals surface area contributed by atoms with Crippen molar-refractivity contribution in [3.63, 3.8) is 0 Å². The summed E-state index contributed by atoms with van der Waals surface area (Å²) in [5.74, 6) is -2.04. The predicted octanol–water partition coefficient (Wildman–Crippen LogP) is 20.0. The molecule has 82 heavy (non-hydrogen) atoms. The van der Waals surface area contributed by atoms with Gasteiger partial charge in [0, 0.05) is 12.8 Å². The molecule has 0 aromatic carbocycles. The van der Waals surface area contributed by atoms with Crippen LogP contribution in [0.2, 0.25) is 0 Å². The first-order chi connectivity index (χ1) is 40.1. The van der Waals surface area contributed by atoms with Gasteiger partial charge in [0.05, 0.1) is 34.4 Å². The molecule has 0 saturated heterocycles. The molecular weight excluding hydrogens is 1020 g/mol. The average Bonchev–Trinajstić information content (AvgIpc) is 3.45. The van der Waals surface area contributed by atoms with E-state index in [9.17, 15) is 19.5 Å². The number of allylic oxidation sites excluding steroid dienone is 24. The van der Waals surface area contributed by atoms with E-state index in [4.69, 9.17) is 18.9 Å². The molecule has 0 radical (unpaired) electrons. The van der Waals surface area contributed by atoms with Gasteiger partial charge >= 0.3 is 17.9 Å². The van der Waals surface area contributed by atoms with Crippen LogP contribution >= 0.6 is 0 Å². The van der Waals surface area contributed by atoms with Crippen molar-refractivity contribution in [1.82, 2.24) is 0 Å². The second-order valence-corrected chi connectivity index (χ2v) is 22.3. The lowest BCUT2D eigenvalue weighted by Gasteiger charge is -2.25. The molecule has 2 unspecified atom stereocenters. The molecule has 0 spiro atoms. The number of esters is 2. The highest BCUT2D eigenvalue weighted by Gasteiger charge is 2.25. The van der Waals surface area contributed by atoms with E-state index in [1.165, 1.54) is 70.6 Å². The normalized spacial score (nSPS) is 13.7. The van der Waals surface area contributed by atoms with Gasteiger partial charge in [0.25, 0.3) is 6.29 Å². The first-order valence-electron chi connectivity index (χ1n) is 32.5. The standard InChI is InChI=1S/C73H119NO8/c1-6-8-10-12-14-16-18-20-22-24-25-26-27-28-29-30-31-32-33-34-35-36-37-38-39-40-41-42-43-44-45-46-47-48-50-52-54-56-58-60-62-64-71(76)82-69(68-81-73(72(77)78)79-66-65-74(3,4)5)67-80-70(75)63-61-59-57-55-53-51-49-23-21-19-17-15-13-11-9-7-2/h8,10,14,16,20,22-23,25-26,28-29,31-32,34-35,37-38,40-41,43-44,46-47,49,69,73H,6-7,9,11-13,15,17-19,21,24,27,30,33,36,39,42,45,48,50-68H2,1-5H3/p+1/b10-8-,16-14-,22-20-,26-25-,29-28-,32-31-,35-34-,38-37-,41-40-,44-43-,47-46-,49-23-. The molecule has 9 heteroatoms. The summed E-state index contributed by atoms with van der Waals surface area (Å²) in [7, 11) is 5.95. The van der Waals surface area contributed by atoms with Crippen molar-refractivity contribution in [2.24, 2.45) is 0 Å². The van der Waals surface area contributed by atoms with Gasteiger partial charge in [0.1, 0.15) is 13.2 Å². The quantitative estimate of drug-likeness (QED) is 0.0211. The fraction of sp³-hybridized carbons (Fsp3) is 0.630. The van der Waals surface area contributed by atoms with Crippen molar-refractivity contribution in [2.75, 3.05) is 47.5 Å². The van der Waals surface area contributed by atoms with Crippen LogP contribution in [0.25, 0.3) is 0 Å². The molecule has 464 valence electrons. The first kappa shape index (κ1) is 77.2. The molecule has 0 amide bonds. The van der Waals surface area contributed by atoms with E-state index in [0.717, 1.165) is 135 Å². The maximum Gasteiger partial charge on any atom is 0.361 e. The third-order valence-corrected chi connectivity index (χ3v) is 13.3. The number of hydrogen-bond donors (Lipinski definition) is 1. The minimum Gasteiger partial charge on any atom is -0.477 e. The summed E-state index contributed by atoms with van der Waals surface area (Å²) >= 11 is 0. The van der Waals surface area contributed by atoms with Gasteiger partial charge < -0.3 is 28.5 Å². The van der Waals surface area contributed by atoms with E-state index >= 15 is 0 Å². The van der Waals surface area contributed by atoms with Crippen LogP contribution in [0, 0.1) is 0 Å². The molecule has 0 rings (SSSR count). The number of aliphatic carboxylic acids is 1. The zero-order chi connectivity index (χ0) is 59.8. The summed E-state index contributed by atoms with van der Waals surface area (Å²) in [6.45, 7) is 4.72. The Bertz CT molecular complexity index is 1850. The van der Waals surface area contributed by atoms with E-state index in [-0.39, 0.29) is 38.6 Å². The van der Waals surface area contributed by atoms with Crippen molar-refractivity contribution < 1.29 is 42.9 Å². The summed E-state index contributed by atoms with van der Waals surface area (Å²) in [5, 5.41) is 9.71. The Hall–Kier alpha value is -4.83. The Labute approximate surface area is 502 Å². The molecule has 0 aromatic rings. The smallest absolute Gasteiger partial charge is 0.361 e. The highest BCUT2D eigenvalue weighted by Crippen LogP contribution is 2.14. The van der Waals surface area contributed by atoms with E-state index < -0.39 is 24.3 Å². The second-order valence-electron chi connectivity index (χ2n) is 22.3. The zero-order valence-corrected chi connectivity index (χ0v) is 52.8. The van der Waals surface area contributed by atoms with Crippen molar-refractivity contribution in [1.29, 1.82) is 0 Å².